The molecular formula is C12H17NO2. The quantitative estimate of drug-likeness (QED) is 0.803. The van der Waals surface area contributed by atoms with Gasteiger partial charge in [-0.1, -0.05) is 18.2 Å². The summed E-state index contributed by atoms with van der Waals surface area (Å²) >= 11 is 0. The average Bonchev–Trinajstić information content (AvgIpc) is 2.29. The third-order valence-electron chi connectivity index (χ3n) is 2.05. The number of benzene rings is 1. The molecule has 0 amide bonds. The van der Waals surface area contributed by atoms with Gasteiger partial charge in [0, 0.05) is 0 Å². The van der Waals surface area contributed by atoms with E-state index in [0.29, 0.717) is 6.54 Å². The van der Waals surface area contributed by atoms with Gasteiger partial charge in [-0.25, -0.2) is 0 Å². The van der Waals surface area contributed by atoms with Crippen molar-refractivity contribution in [3.05, 3.63) is 29.8 Å². The lowest BCUT2D eigenvalue weighted by Gasteiger charge is -2.07. The number of nitrogens with two attached hydrogens (primary N) is 1. The van der Waals surface area contributed by atoms with Crippen molar-refractivity contribution < 1.29 is 9.47 Å². The molecule has 0 unspecified atom stereocenters. The summed E-state index contributed by atoms with van der Waals surface area (Å²) in [4.78, 5) is 0. The van der Waals surface area contributed by atoms with Gasteiger partial charge in [-0.3, -0.25) is 0 Å². The third kappa shape index (κ3) is 3.29. The molecule has 1 rings (SSSR count). The zero-order valence-electron chi connectivity index (χ0n) is 9.19. The fourth-order valence-electron chi connectivity index (χ4n) is 1.27. The molecule has 0 spiro atoms. The van der Waals surface area contributed by atoms with Gasteiger partial charge >= 0.3 is 0 Å². The zero-order chi connectivity index (χ0) is 11.1. The third-order valence-corrected chi connectivity index (χ3v) is 2.05. The van der Waals surface area contributed by atoms with E-state index in [1.807, 2.05) is 30.4 Å². The first-order chi connectivity index (χ1) is 7.31. The lowest BCUT2D eigenvalue weighted by Crippen LogP contribution is -1.95. The maximum Gasteiger partial charge on any atom is 0.161 e. The highest BCUT2D eigenvalue weighted by atomic mass is 16.5. The van der Waals surface area contributed by atoms with Crippen LogP contribution in [-0.4, -0.2) is 20.8 Å². The van der Waals surface area contributed by atoms with E-state index in [0.717, 1.165) is 23.5 Å². The summed E-state index contributed by atoms with van der Waals surface area (Å²) in [5.41, 5.74) is 6.48. The molecule has 1 aromatic carbocycles. The van der Waals surface area contributed by atoms with E-state index >= 15 is 0 Å². The van der Waals surface area contributed by atoms with E-state index in [-0.39, 0.29) is 0 Å². The molecule has 3 heteroatoms. The Morgan fingerprint density at radius 3 is 2.53 bits per heavy atom. The minimum atomic E-state index is 0.670. The molecule has 15 heavy (non-hydrogen) atoms. The van der Waals surface area contributed by atoms with Gasteiger partial charge in [0.1, 0.15) is 0 Å². The Hall–Kier alpha value is -1.48. The minimum absolute atomic E-state index is 0.670. The Kier molecular flexibility index (Phi) is 4.71. The summed E-state index contributed by atoms with van der Waals surface area (Å²) in [6.45, 7) is 0.670. The van der Waals surface area contributed by atoms with Gasteiger partial charge in [0.15, 0.2) is 11.5 Å². The van der Waals surface area contributed by atoms with Crippen molar-refractivity contribution in [1.82, 2.24) is 0 Å². The second-order valence-corrected chi connectivity index (χ2v) is 3.09. The molecule has 0 fully saturated rings. The van der Waals surface area contributed by atoms with Crippen molar-refractivity contribution in [2.75, 3.05) is 20.8 Å². The van der Waals surface area contributed by atoms with Crippen molar-refractivity contribution in [2.45, 2.75) is 6.42 Å². The van der Waals surface area contributed by atoms with Crippen LogP contribution in [-0.2, 0) is 0 Å². The Morgan fingerprint density at radius 1 is 1.20 bits per heavy atom. The molecule has 82 valence electrons. The van der Waals surface area contributed by atoms with E-state index < -0.39 is 0 Å². The summed E-state index contributed by atoms with van der Waals surface area (Å²) in [5, 5.41) is 0. The number of methoxy groups -OCH3 is 2. The lowest BCUT2D eigenvalue weighted by atomic mass is 10.2. The van der Waals surface area contributed by atoms with E-state index in [2.05, 4.69) is 0 Å². The van der Waals surface area contributed by atoms with Crippen LogP contribution in [0, 0.1) is 0 Å². The number of rotatable bonds is 5. The van der Waals surface area contributed by atoms with Crippen LogP contribution in [0.1, 0.15) is 12.0 Å². The van der Waals surface area contributed by atoms with Crippen LogP contribution < -0.4 is 15.2 Å². The minimum Gasteiger partial charge on any atom is -0.493 e. The molecule has 0 aliphatic carbocycles. The normalized spacial score (nSPS) is 10.6. The molecule has 0 aliphatic rings. The molecular weight excluding hydrogens is 190 g/mol. The second kappa shape index (κ2) is 6.09. The van der Waals surface area contributed by atoms with Crippen molar-refractivity contribution in [1.29, 1.82) is 0 Å². The van der Waals surface area contributed by atoms with Crippen LogP contribution in [0.25, 0.3) is 6.08 Å². The molecule has 0 atom stereocenters. The highest BCUT2D eigenvalue weighted by molar-refractivity contribution is 5.55. The molecule has 0 saturated carbocycles. The Labute approximate surface area is 90.5 Å². The van der Waals surface area contributed by atoms with E-state index in [9.17, 15) is 0 Å². The fraction of sp³-hybridized carbons (Fsp3) is 0.333. The Balaban J connectivity index is 2.83. The summed E-state index contributed by atoms with van der Waals surface area (Å²) in [7, 11) is 3.26. The molecule has 1 aromatic rings. The molecule has 0 saturated heterocycles. The van der Waals surface area contributed by atoms with Crippen LogP contribution in [0.3, 0.4) is 0 Å². The van der Waals surface area contributed by atoms with Gasteiger partial charge in [0.05, 0.1) is 14.2 Å². The molecule has 0 heterocycles. The van der Waals surface area contributed by atoms with Crippen LogP contribution in [0.4, 0.5) is 0 Å². The summed E-state index contributed by atoms with van der Waals surface area (Å²) in [6.07, 6.45) is 4.95. The van der Waals surface area contributed by atoms with Crippen LogP contribution in [0.2, 0.25) is 0 Å². The summed E-state index contributed by atoms with van der Waals surface area (Å²) in [5.74, 6) is 1.49. The van der Waals surface area contributed by atoms with Crippen molar-refractivity contribution in [3.63, 3.8) is 0 Å². The van der Waals surface area contributed by atoms with Gasteiger partial charge in [-0.05, 0) is 30.7 Å². The highest BCUT2D eigenvalue weighted by Gasteiger charge is 2.01. The summed E-state index contributed by atoms with van der Waals surface area (Å²) < 4.78 is 10.3. The SMILES string of the molecule is COc1ccc(/C=C/CCN)cc1OC. The Bertz CT molecular complexity index is 334. The van der Waals surface area contributed by atoms with Gasteiger partial charge < -0.3 is 15.2 Å². The number of ether oxygens (including phenoxy) is 2. The highest BCUT2D eigenvalue weighted by Crippen LogP contribution is 2.27. The first-order valence-corrected chi connectivity index (χ1v) is 4.90. The molecule has 0 aliphatic heterocycles. The molecule has 3 nitrogen and oxygen atoms in total. The average molecular weight is 207 g/mol. The second-order valence-electron chi connectivity index (χ2n) is 3.09. The first kappa shape index (κ1) is 11.6. The number of hydrogen-bond acceptors (Lipinski definition) is 3. The molecule has 2 N–H and O–H groups in total. The first-order valence-electron chi connectivity index (χ1n) is 4.90. The van der Waals surface area contributed by atoms with Gasteiger partial charge in [0.2, 0.25) is 0 Å². The summed E-state index contributed by atoms with van der Waals surface area (Å²) in [6, 6.07) is 5.81. The largest absolute Gasteiger partial charge is 0.493 e. The standard InChI is InChI=1S/C12H17NO2/c1-14-11-7-6-10(5-3-4-8-13)9-12(11)15-2/h3,5-7,9H,4,8,13H2,1-2H3/b5-3+. The molecule has 0 aromatic heterocycles. The fourth-order valence-corrected chi connectivity index (χ4v) is 1.27. The van der Waals surface area contributed by atoms with E-state index in [4.69, 9.17) is 15.2 Å². The number of hydrogen-bond donors (Lipinski definition) is 1. The maximum absolute atomic E-state index is 5.40. The topological polar surface area (TPSA) is 44.5 Å². The lowest BCUT2D eigenvalue weighted by molar-refractivity contribution is 0.355. The van der Waals surface area contributed by atoms with Crippen LogP contribution in [0.15, 0.2) is 24.3 Å². The monoisotopic (exact) mass is 207 g/mol. The van der Waals surface area contributed by atoms with E-state index in [1.165, 1.54) is 0 Å². The van der Waals surface area contributed by atoms with Gasteiger partial charge in [0.25, 0.3) is 0 Å². The molecule has 0 radical (unpaired) electrons. The van der Waals surface area contributed by atoms with Crippen molar-refractivity contribution >= 4 is 6.08 Å². The zero-order valence-corrected chi connectivity index (χ0v) is 9.19. The Morgan fingerprint density at radius 2 is 1.93 bits per heavy atom. The predicted molar refractivity (Wildman–Crippen MR) is 62.3 cm³/mol. The predicted octanol–water partition coefficient (Wildman–Crippen LogP) is 2.07. The van der Waals surface area contributed by atoms with Gasteiger partial charge in [-0.15, -0.1) is 0 Å². The van der Waals surface area contributed by atoms with Crippen LogP contribution >= 0.6 is 0 Å². The van der Waals surface area contributed by atoms with Gasteiger partial charge in [-0.2, -0.15) is 0 Å². The maximum atomic E-state index is 5.40. The van der Waals surface area contributed by atoms with E-state index in [1.54, 1.807) is 14.2 Å². The van der Waals surface area contributed by atoms with Crippen molar-refractivity contribution in [2.24, 2.45) is 5.73 Å². The molecule has 0 bridgehead atoms. The smallest absolute Gasteiger partial charge is 0.161 e. The van der Waals surface area contributed by atoms with Crippen LogP contribution in [0.5, 0.6) is 11.5 Å². The van der Waals surface area contributed by atoms with Crippen molar-refractivity contribution in [3.8, 4) is 11.5 Å².